The number of nitrogens with zero attached hydrogens (tertiary/aromatic N) is 1. The molecular weight excluding hydrogens is 260 g/mol. The SMILES string of the molecule is CC(C)(C)NC(=O)OC1CCS(=O)(=O)C/C1=N\O. The zero-order valence-corrected chi connectivity index (χ0v) is 11.5. The molecule has 7 nitrogen and oxygen atoms in total. The van der Waals surface area contributed by atoms with Crippen molar-refractivity contribution in [2.24, 2.45) is 5.16 Å². The first-order chi connectivity index (χ1) is 8.13. The molecule has 0 aromatic carbocycles. The van der Waals surface area contributed by atoms with Crippen LogP contribution in [-0.4, -0.2) is 48.6 Å². The molecule has 1 amide bonds. The minimum Gasteiger partial charge on any atom is -0.440 e. The lowest BCUT2D eigenvalue weighted by atomic mass is 10.1. The third-order valence-corrected chi connectivity index (χ3v) is 3.88. The van der Waals surface area contributed by atoms with Gasteiger partial charge in [-0.2, -0.15) is 0 Å². The summed E-state index contributed by atoms with van der Waals surface area (Å²) in [5.41, 5.74) is -0.487. The number of hydrogen-bond donors (Lipinski definition) is 2. The normalized spacial score (nSPS) is 25.7. The van der Waals surface area contributed by atoms with Gasteiger partial charge in [0.25, 0.3) is 0 Å². The second-order valence-electron chi connectivity index (χ2n) is 5.24. The van der Waals surface area contributed by atoms with E-state index in [0.29, 0.717) is 0 Å². The highest BCUT2D eigenvalue weighted by Crippen LogP contribution is 2.14. The highest BCUT2D eigenvalue weighted by molar-refractivity contribution is 7.92. The van der Waals surface area contributed by atoms with Crippen LogP contribution >= 0.6 is 0 Å². The van der Waals surface area contributed by atoms with Crippen LogP contribution in [0.4, 0.5) is 4.79 Å². The first kappa shape index (κ1) is 14.7. The Morgan fingerprint density at radius 3 is 2.61 bits per heavy atom. The van der Waals surface area contributed by atoms with Crippen LogP contribution in [0.15, 0.2) is 5.16 Å². The third-order valence-electron chi connectivity index (χ3n) is 2.29. The summed E-state index contributed by atoms with van der Waals surface area (Å²) in [6, 6.07) is 0. The smallest absolute Gasteiger partial charge is 0.408 e. The van der Waals surface area contributed by atoms with Crippen LogP contribution in [-0.2, 0) is 14.6 Å². The van der Waals surface area contributed by atoms with Crippen LogP contribution in [0.2, 0.25) is 0 Å². The minimum atomic E-state index is -3.25. The van der Waals surface area contributed by atoms with Crippen molar-refractivity contribution < 1.29 is 23.2 Å². The van der Waals surface area contributed by atoms with Gasteiger partial charge in [-0.05, 0) is 20.8 Å². The Hall–Kier alpha value is -1.31. The average molecular weight is 278 g/mol. The molecule has 0 aromatic rings. The van der Waals surface area contributed by atoms with E-state index < -0.39 is 27.6 Å². The number of sulfone groups is 1. The summed E-state index contributed by atoms with van der Waals surface area (Å²) in [6.07, 6.45) is -1.34. The predicted molar refractivity (Wildman–Crippen MR) is 65.7 cm³/mol. The molecule has 104 valence electrons. The van der Waals surface area contributed by atoms with Gasteiger partial charge >= 0.3 is 6.09 Å². The Bertz CT molecular complexity index is 449. The topological polar surface area (TPSA) is 105 Å². The summed E-state index contributed by atoms with van der Waals surface area (Å²) in [4.78, 5) is 11.5. The molecule has 0 bridgehead atoms. The number of hydrogen-bond acceptors (Lipinski definition) is 6. The van der Waals surface area contributed by atoms with Gasteiger partial charge in [0.05, 0.1) is 11.5 Å². The first-order valence-electron chi connectivity index (χ1n) is 5.53. The van der Waals surface area contributed by atoms with Crippen molar-refractivity contribution in [3.8, 4) is 0 Å². The van der Waals surface area contributed by atoms with E-state index in [9.17, 15) is 13.2 Å². The van der Waals surface area contributed by atoms with Gasteiger partial charge < -0.3 is 15.3 Å². The molecule has 1 atom stereocenters. The van der Waals surface area contributed by atoms with Crippen LogP contribution < -0.4 is 5.32 Å². The molecular formula is C10H18N2O5S. The van der Waals surface area contributed by atoms with Crippen LogP contribution in [0.5, 0.6) is 0 Å². The zero-order valence-electron chi connectivity index (χ0n) is 10.6. The highest BCUT2D eigenvalue weighted by atomic mass is 32.2. The molecule has 0 radical (unpaired) electrons. The maximum Gasteiger partial charge on any atom is 0.408 e. The van der Waals surface area contributed by atoms with Crippen LogP contribution in [0.25, 0.3) is 0 Å². The van der Waals surface area contributed by atoms with E-state index in [1.165, 1.54) is 0 Å². The van der Waals surface area contributed by atoms with Crippen molar-refractivity contribution in [1.82, 2.24) is 5.32 Å². The number of amides is 1. The molecule has 2 N–H and O–H groups in total. The maximum atomic E-state index is 11.5. The molecule has 1 saturated heterocycles. The van der Waals surface area contributed by atoms with E-state index in [-0.39, 0.29) is 23.6 Å². The minimum absolute atomic E-state index is 0.0368. The maximum absolute atomic E-state index is 11.5. The Labute approximate surface area is 106 Å². The molecule has 0 saturated carbocycles. The number of alkyl carbamates (subject to hydrolysis) is 1. The lowest BCUT2D eigenvalue weighted by Crippen LogP contribution is -2.46. The van der Waals surface area contributed by atoms with Gasteiger partial charge in [-0.25, -0.2) is 13.2 Å². The van der Waals surface area contributed by atoms with Gasteiger partial charge in [0.2, 0.25) is 0 Å². The van der Waals surface area contributed by atoms with Gasteiger partial charge in [0, 0.05) is 12.0 Å². The summed E-state index contributed by atoms with van der Waals surface area (Å²) in [7, 11) is -3.25. The summed E-state index contributed by atoms with van der Waals surface area (Å²) < 4.78 is 27.7. The number of oxime groups is 1. The Morgan fingerprint density at radius 2 is 2.11 bits per heavy atom. The van der Waals surface area contributed by atoms with Crippen molar-refractivity contribution in [3.05, 3.63) is 0 Å². The van der Waals surface area contributed by atoms with E-state index in [2.05, 4.69) is 10.5 Å². The largest absolute Gasteiger partial charge is 0.440 e. The van der Waals surface area contributed by atoms with Gasteiger partial charge in [0.15, 0.2) is 9.84 Å². The van der Waals surface area contributed by atoms with Crippen LogP contribution in [0.1, 0.15) is 27.2 Å². The van der Waals surface area contributed by atoms with Gasteiger partial charge in [-0.15, -0.1) is 0 Å². The molecule has 1 unspecified atom stereocenters. The molecule has 8 heteroatoms. The Morgan fingerprint density at radius 1 is 1.50 bits per heavy atom. The van der Waals surface area contributed by atoms with Crippen LogP contribution in [0, 0.1) is 0 Å². The molecule has 0 aromatic heterocycles. The molecule has 1 aliphatic heterocycles. The van der Waals surface area contributed by atoms with Gasteiger partial charge in [0.1, 0.15) is 11.8 Å². The fourth-order valence-corrected chi connectivity index (χ4v) is 2.94. The fraction of sp³-hybridized carbons (Fsp3) is 0.800. The second kappa shape index (κ2) is 5.13. The second-order valence-corrected chi connectivity index (χ2v) is 7.43. The zero-order chi connectivity index (χ0) is 14.0. The number of nitrogens with one attached hydrogen (secondary N) is 1. The van der Waals surface area contributed by atoms with Crippen molar-refractivity contribution in [3.63, 3.8) is 0 Å². The lowest BCUT2D eigenvalue weighted by Gasteiger charge is -2.26. The Balaban J connectivity index is 2.65. The monoisotopic (exact) mass is 278 g/mol. The molecule has 0 spiro atoms. The molecule has 0 aliphatic carbocycles. The van der Waals surface area contributed by atoms with E-state index >= 15 is 0 Å². The van der Waals surface area contributed by atoms with Crippen molar-refractivity contribution in [2.45, 2.75) is 38.8 Å². The van der Waals surface area contributed by atoms with Crippen molar-refractivity contribution in [2.75, 3.05) is 11.5 Å². The molecule has 1 fully saturated rings. The summed E-state index contributed by atoms with van der Waals surface area (Å²) in [5, 5.41) is 14.2. The van der Waals surface area contributed by atoms with E-state index in [1.54, 1.807) is 20.8 Å². The highest BCUT2D eigenvalue weighted by Gasteiger charge is 2.33. The molecule has 1 rings (SSSR count). The van der Waals surface area contributed by atoms with E-state index in [4.69, 9.17) is 9.94 Å². The summed E-state index contributed by atoms with van der Waals surface area (Å²) >= 11 is 0. The quantitative estimate of drug-likeness (QED) is 0.537. The van der Waals surface area contributed by atoms with Gasteiger partial charge in [-0.3, -0.25) is 0 Å². The number of carbonyl (C=O) groups excluding carboxylic acids is 1. The molecule has 1 heterocycles. The Kier molecular flexibility index (Phi) is 4.20. The lowest BCUT2D eigenvalue weighted by molar-refractivity contribution is 0.115. The average Bonchev–Trinajstić information content (AvgIpc) is 2.17. The third kappa shape index (κ3) is 4.52. The number of ether oxygens (including phenoxy) is 1. The first-order valence-corrected chi connectivity index (χ1v) is 7.35. The van der Waals surface area contributed by atoms with Crippen molar-refractivity contribution >= 4 is 21.6 Å². The number of carbonyl (C=O) groups is 1. The predicted octanol–water partition coefficient (Wildman–Crippen LogP) is 0.528. The summed E-state index contributed by atoms with van der Waals surface area (Å²) in [6.45, 7) is 5.38. The standard InChI is InChI=1S/C10H18N2O5S/c1-10(2,3)11-9(13)17-8-4-5-18(15,16)6-7(8)12-14/h8,14H,4-6H2,1-3H3,(H,11,13)/b12-7+. The molecule has 18 heavy (non-hydrogen) atoms. The fourth-order valence-electron chi connectivity index (χ4n) is 1.53. The number of rotatable bonds is 1. The van der Waals surface area contributed by atoms with E-state index in [0.717, 1.165) is 0 Å². The van der Waals surface area contributed by atoms with Crippen LogP contribution in [0.3, 0.4) is 0 Å². The van der Waals surface area contributed by atoms with Gasteiger partial charge in [-0.1, -0.05) is 5.16 Å². The van der Waals surface area contributed by atoms with E-state index in [1.807, 2.05) is 0 Å². The summed E-state index contributed by atoms with van der Waals surface area (Å²) in [5.74, 6) is -0.462. The van der Waals surface area contributed by atoms with Crippen molar-refractivity contribution in [1.29, 1.82) is 0 Å². The molecule has 1 aliphatic rings.